The van der Waals surface area contributed by atoms with Crippen molar-refractivity contribution in [1.82, 2.24) is 29.3 Å². The van der Waals surface area contributed by atoms with Gasteiger partial charge < -0.3 is 4.57 Å². The van der Waals surface area contributed by atoms with Crippen LogP contribution in [0.15, 0.2) is 41.8 Å². The number of aryl methyl sites for hydroxylation is 1. The molecule has 0 aliphatic heterocycles. The third-order valence-electron chi connectivity index (χ3n) is 4.09. The van der Waals surface area contributed by atoms with Crippen molar-refractivity contribution in [3.8, 4) is 0 Å². The fourth-order valence-corrected chi connectivity index (χ4v) is 3.69. The number of halogens is 2. The number of hydrogen-bond acceptors (Lipinski definition) is 5. The molecule has 0 amide bonds. The van der Waals surface area contributed by atoms with E-state index in [0.29, 0.717) is 5.16 Å². The highest BCUT2D eigenvalue weighted by Crippen LogP contribution is 2.28. The van der Waals surface area contributed by atoms with Gasteiger partial charge >= 0.3 is 6.55 Å². The quantitative estimate of drug-likeness (QED) is 0.472. The number of fused-ring (bicyclic) bond motifs is 3. The van der Waals surface area contributed by atoms with Gasteiger partial charge in [-0.2, -0.15) is 8.78 Å². The van der Waals surface area contributed by atoms with E-state index in [-0.39, 0.29) is 11.6 Å². The van der Waals surface area contributed by atoms with Gasteiger partial charge in [0.1, 0.15) is 11.3 Å². The van der Waals surface area contributed by atoms with Crippen LogP contribution >= 0.6 is 11.8 Å². The maximum Gasteiger partial charge on any atom is 0.319 e. The van der Waals surface area contributed by atoms with E-state index in [0.717, 1.165) is 39.6 Å². The van der Waals surface area contributed by atoms with Crippen LogP contribution < -0.4 is 0 Å². The zero-order chi connectivity index (χ0) is 18.1. The predicted octanol–water partition coefficient (Wildman–Crippen LogP) is 4.27. The molecule has 0 bridgehead atoms. The average Bonchev–Trinajstić information content (AvgIpc) is 3.24. The van der Waals surface area contributed by atoms with Gasteiger partial charge in [0, 0.05) is 24.3 Å². The van der Waals surface area contributed by atoms with E-state index in [2.05, 4.69) is 31.7 Å². The van der Waals surface area contributed by atoms with Crippen molar-refractivity contribution in [2.45, 2.75) is 37.3 Å². The first kappa shape index (κ1) is 16.9. The summed E-state index contributed by atoms with van der Waals surface area (Å²) in [6, 6.07) is 8.00. The molecule has 0 unspecified atom stereocenters. The zero-order valence-electron chi connectivity index (χ0n) is 14.0. The second kappa shape index (κ2) is 6.99. The van der Waals surface area contributed by atoms with Crippen LogP contribution in [-0.4, -0.2) is 29.3 Å². The van der Waals surface area contributed by atoms with Gasteiger partial charge in [-0.05, 0) is 12.5 Å². The van der Waals surface area contributed by atoms with Crippen LogP contribution in [0.2, 0.25) is 0 Å². The number of rotatable bonds is 6. The molecule has 3 aromatic heterocycles. The van der Waals surface area contributed by atoms with Crippen molar-refractivity contribution in [3.05, 3.63) is 42.5 Å². The molecule has 4 aromatic rings. The largest absolute Gasteiger partial charge is 0.324 e. The maximum absolute atomic E-state index is 12.9. The Balaban J connectivity index is 1.70. The lowest BCUT2D eigenvalue weighted by molar-refractivity contribution is 0.0678. The number of hydrogen-bond donors (Lipinski definition) is 0. The van der Waals surface area contributed by atoms with Gasteiger partial charge in [-0.1, -0.05) is 36.9 Å². The molecule has 9 heteroatoms. The molecule has 0 saturated heterocycles. The number of nitrogens with zero attached hydrogens (tertiary/aromatic N) is 6. The molecular formula is C17H16F2N6S. The second-order valence-electron chi connectivity index (χ2n) is 5.75. The molecule has 6 nitrogen and oxygen atoms in total. The molecule has 0 aliphatic rings. The smallest absolute Gasteiger partial charge is 0.319 e. The number of imidazole rings is 1. The predicted molar refractivity (Wildman–Crippen MR) is 96.2 cm³/mol. The van der Waals surface area contributed by atoms with E-state index in [9.17, 15) is 8.78 Å². The van der Waals surface area contributed by atoms with Gasteiger partial charge in [-0.3, -0.25) is 4.57 Å². The Bertz CT molecular complexity index is 1060. The normalized spacial score (nSPS) is 11.8. The Morgan fingerprint density at radius 3 is 2.85 bits per heavy atom. The minimum atomic E-state index is -2.61. The summed E-state index contributed by atoms with van der Waals surface area (Å²) in [5.41, 5.74) is 2.59. The highest BCUT2D eigenvalue weighted by Gasteiger charge is 2.16. The van der Waals surface area contributed by atoms with Crippen molar-refractivity contribution in [2.24, 2.45) is 0 Å². The molecule has 0 saturated carbocycles. The molecule has 0 N–H and O–H groups in total. The lowest BCUT2D eigenvalue weighted by Crippen LogP contribution is -2.03. The van der Waals surface area contributed by atoms with Crippen LogP contribution in [0.5, 0.6) is 0 Å². The van der Waals surface area contributed by atoms with Gasteiger partial charge in [0.2, 0.25) is 5.16 Å². The number of para-hydroxylation sites is 1. The fraction of sp³-hybridized carbons (Fsp3) is 0.294. The van der Waals surface area contributed by atoms with E-state index in [1.807, 2.05) is 24.3 Å². The summed E-state index contributed by atoms with van der Waals surface area (Å²) < 4.78 is 28.8. The summed E-state index contributed by atoms with van der Waals surface area (Å²) in [6.07, 6.45) is 3.59. The standard InChI is InChI=1S/C17H16F2N6S/c1-2-8-24-12-6-4-3-5-11(12)14-15(24)21-17(23-22-14)26-10-13-20-7-9-25(13)16(18)19/h3-7,9,16H,2,8,10H2,1H3. The van der Waals surface area contributed by atoms with Gasteiger partial charge in [0.15, 0.2) is 5.65 Å². The molecular weight excluding hydrogens is 358 g/mol. The first-order chi connectivity index (χ1) is 12.7. The lowest BCUT2D eigenvalue weighted by Gasteiger charge is -2.06. The summed E-state index contributed by atoms with van der Waals surface area (Å²) >= 11 is 1.25. The van der Waals surface area contributed by atoms with E-state index >= 15 is 0 Å². The van der Waals surface area contributed by atoms with E-state index < -0.39 is 6.55 Å². The fourth-order valence-electron chi connectivity index (χ4n) is 2.96. The SMILES string of the molecule is CCCn1c2ccccc2c2nnc(SCc3nccn3C(F)F)nc21. The van der Waals surface area contributed by atoms with Crippen LogP contribution in [0.4, 0.5) is 8.78 Å². The van der Waals surface area contributed by atoms with Crippen molar-refractivity contribution in [3.63, 3.8) is 0 Å². The maximum atomic E-state index is 12.9. The molecule has 0 atom stereocenters. The molecule has 26 heavy (non-hydrogen) atoms. The Hall–Kier alpha value is -2.55. The summed E-state index contributed by atoms with van der Waals surface area (Å²) in [6.45, 7) is 0.319. The van der Waals surface area contributed by atoms with Crippen LogP contribution in [0, 0.1) is 0 Å². The van der Waals surface area contributed by atoms with Crippen molar-refractivity contribution < 1.29 is 8.78 Å². The minimum Gasteiger partial charge on any atom is -0.324 e. The van der Waals surface area contributed by atoms with Crippen LogP contribution in [0.3, 0.4) is 0 Å². The monoisotopic (exact) mass is 374 g/mol. The average molecular weight is 374 g/mol. The summed E-state index contributed by atoms with van der Waals surface area (Å²) in [4.78, 5) is 8.61. The molecule has 0 radical (unpaired) electrons. The van der Waals surface area contributed by atoms with Crippen molar-refractivity contribution in [2.75, 3.05) is 0 Å². The van der Waals surface area contributed by atoms with Crippen LogP contribution in [0.25, 0.3) is 22.1 Å². The summed E-state index contributed by atoms with van der Waals surface area (Å²) in [5, 5.41) is 9.97. The second-order valence-corrected chi connectivity index (χ2v) is 6.69. The van der Waals surface area contributed by atoms with Gasteiger partial charge in [0.05, 0.1) is 11.3 Å². The molecule has 4 rings (SSSR count). The highest BCUT2D eigenvalue weighted by atomic mass is 32.2. The third kappa shape index (κ3) is 2.92. The Morgan fingerprint density at radius 2 is 2.04 bits per heavy atom. The van der Waals surface area contributed by atoms with Crippen LogP contribution in [-0.2, 0) is 12.3 Å². The Morgan fingerprint density at radius 1 is 1.19 bits per heavy atom. The first-order valence-electron chi connectivity index (χ1n) is 8.23. The number of benzene rings is 1. The highest BCUT2D eigenvalue weighted by molar-refractivity contribution is 7.98. The number of thioether (sulfide) groups is 1. The molecule has 3 heterocycles. The molecule has 0 spiro atoms. The summed E-state index contributed by atoms with van der Waals surface area (Å²) in [5.74, 6) is 0.529. The topological polar surface area (TPSA) is 61.4 Å². The van der Waals surface area contributed by atoms with E-state index in [1.54, 1.807) is 0 Å². The molecule has 0 fully saturated rings. The van der Waals surface area contributed by atoms with E-state index in [4.69, 9.17) is 0 Å². The minimum absolute atomic E-state index is 0.249. The van der Waals surface area contributed by atoms with Gasteiger partial charge in [0.25, 0.3) is 0 Å². The Labute approximate surface area is 152 Å². The van der Waals surface area contributed by atoms with Crippen LogP contribution in [0.1, 0.15) is 25.7 Å². The number of alkyl halides is 2. The van der Waals surface area contributed by atoms with Gasteiger partial charge in [-0.15, -0.1) is 10.2 Å². The van der Waals surface area contributed by atoms with Crippen molar-refractivity contribution >= 4 is 33.8 Å². The van der Waals surface area contributed by atoms with Crippen molar-refractivity contribution in [1.29, 1.82) is 0 Å². The molecule has 134 valence electrons. The zero-order valence-corrected chi connectivity index (χ0v) is 14.8. The lowest BCUT2D eigenvalue weighted by atomic mass is 10.2. The molecule has 1 aromatic carbocycles. The summed E-state index contributed by atoms with van der Waals surface area (Å²) in [7, 11) is 0. The third-order valence-corrected chi connectivity index (χ3v) is 4.92. The van der Waals surface area contributed by atoms with Gasteiger partial charge in [-0.25, -0.2) is 9.97 Å². The van der Waals surface area contributed by atoms with E-state index in [1.165, 1.54) is 24.2 Å². The number of aromatic nitrogens is 6. The molecule has 0 aliphatic carbocycles. The Kier molecular flexibility index (Phi) is 4.54. The first-order valence-corrected chi connectivity index (χ1v) is 9.22.